The fourth-order valence-electron chi connectivity index (χ4n) is 0.586. The third kappa shape index (κ3) is 2.59. The lowest BCUT2D eigenvalue weighted by molar-refractivity contribution is 0.564. The molecule has 0 spiro atoms. The smallest absolute Gasteiger partial charge is 0.188 e. The Kier molecular flexibility index (Phi) is 4.29. The molecule has 0 bridgehead atoms. The normalized spacial score (nSPS) is 11.8. The van der Waals surface area contributed by atoms with Crippen LogP contribution in [0, 0.1) is 0 Å². The van der Waals surface area contributed by atoms with Gasteiger partial charge in [-0.05, 0) is 12.1 Å². The van der Waals surface area contributed by atoms with Gasteiger partial charge in [-0.15, -0.1) is 0 Å². The molecule has 0 saturated carbocycles. The summed E-state index contributed by atoms with van der Waals surface area (Å²) >= 11 is 3.59. The minimum Gasteiger partial charge on any atom is -0.344 e. The molecule has 3 nitrogen and oxygen atoms in total. The molecule has 1 rings (SSSR count). The van der Waals surface area contributed by atoms with Crippen LogP contribution in [0.5, 0.6) is 0 Å². The van der Waals surface area contributed by atoms with Crippen molar-refractivity contribution >= 4 is 22.7 Å². The molecule has 4 N–H and O–H groups in total. The predicted molar refractivity (Wildman–Crippen MR) is 45.5 cm³/mol. The van der Waals surface area contributed by atoms with Gasteiger partial charge >= 0.3 is 0 Å². The van der Waals surface area contributed by atoms with Crippen molar-refractivity contribution in [3.8, 4) is 0 Å². The first-order valence-electron chi connectivity index (χ1n) is 2.57. The third-order valence-electron chi connectivity index (χ3n) is 1.02. The molecule has 1 aromatic rings. The van der Waals surface area contributed by atoms with Crippen LogP contribution in [0.3, 0.4) is 0 Å². The standard InChI is InChI=1S/C6H5ClO2S.H3N/c7-5-3-1-2-4-6(5)10(8)9;/h1-4H,(H,8,9);1H3. The maximum atomic E-state index is 10.4. The average Bonchev–Trinajstić information content (AvgIpc) is 1.88. The molecule has 1 atom stereocenters. The third-order valence-corrected chi connectivity index (χ3v) is 2.20. The Balaban J connectivity index is 0.000001000. The summed E-state index contributed by atoms with van der Waals surface area (Å²) in [7, 11) is 0. The Morgan fingerprint density at radius 2 is 1.91 bits per heavy atom. The summed E-state index contributed by atoms with van der Waals surface area (Å²) in [5.41, 5.74) is 0. The molecule has 0 aromatic heterocycles. The Hall–Kier alpha value is -0.420. The van der Waals surface area contributed by atoms with E-state index in [4.69, 9.17) is 16.2 Å². The number of hydrogen-bond donors (Lipinski definition) is 2. The van der Waals surface area contributed by atoms with E-state index in [1.54, 1.807) is 18.2 Å². The largest absolute Gasteiger partial charge is 0.344 e. The van der Waals surface area contributed by atoms with Gasteiger partial charge in [-0.1, -0.05) is 23.7 Å². The van der Waals surface area contributed by atoms with Crippen molar-refractivity contribution in [2.75, 3.05) is 0 Å². The van der Waals surface area contributed by atoms with Crippen LogP contribution in [0.1, 0.15) is 0 Å². The van der Waals surface area contributed by atoms with Crippen LogP contribution in [0.2, 0.25) is 5.02 Å². The van der Waals surface area contributed by atoms with E-state index in [9.17, 15) is 4.21 Å². The highest BCUT2D eigenvalue weighted by molar-refractivity contribution is 7.79. The molecular weight excluding hydrogens is 186 g/mol. The van der Waals surface area contributed by atoms with Crippen molar-refractivity contribution in [1.29, 1.82) is 0 Å². The Labute approximate surface area is 72.2 Å². The van der Waals surface area contributed by atoms with Crippen molar-refractivity contribution < 1.29 is 8.76 Å². The van der Waals surface area contributed by atoms with Crippen LogP contribution in [-0.4, -0.2) is 8.76 Å². The van der Waals surface area contributed by atoms with Gasteiger partial charge in [0, 0.05) is 0 Å². The lowest BCUT2D eigenvalue weighted by atomic mass is 10.4. The van der Waals surface area contributed by atoms with Crippen LogP contribution >= 0.6 is 11.6 Å². The summed E-state index contributed by atoms with van der Waals surface area (Å²) in [6, 6.07) is 6.46. The monoisotopic (exact) mass is 193 g/mol. The summed E-state index contributed by atoms with van der Waals surface area (Å²) in [6.07, 6.45) is 0. The molecule has 1 aromatic carbocycles. The second kappa shape index (κ2) is 4.46. The van der Waals surface area contributed by atoms with Gasteiger partial charge in [0.05, 0.1) is 9.92 Å². The quantitative estimate of drug-likeness (QED) is 0.671. The zero-order valence-electron chi connectivity index (χ0n) is 5.66. The van der Waals surface area contributed by atoms with Gasteiger partial charge in [-0.2, -0.15) is 0 Å². The van der Waals surface area contributed by atoms with Crippen molar-refractivity contribution in [2.45, 2.75) is 4.90 Å². The minimum atomic E-state index is -1.97. The van der Waals surface area contributed by atoms with Crippen LogP contribution < -0.4 is 6.15 Å². The molecule has 0 aliphatic rings. The van der Waals surface area contributed by atoms with Crippen LogP contribution in [-0.2, 0) is 11.1 Å². The first kappa shape index (κ1) is 10.6. The lowest BCUT2D eigenvalue weighted by Crippen LogP contribution is -1.87. The van der Waals surface area contributed by atoms with E-state index in [0.717, 1.165) is 0 Å². The van der Waals surface area contributed by atoms with E-state index in [0.29, 0.717) is 5.02 Å². The van der Waals surface area contributed by atoms with Crippen LogP contribution in [0.15, 0.2) is 29.2 Å². The molecule has 0 saturated heterocycles. The van der Waals surface area contributed by atoms with Gasteiger partial charge in [0.1, 0.15) is 0 Å². The fraction of sp³-hybridized carbons (Fsp3) is 0. The second-order valence-electron chi connectivity index (χ2n) is 1.68. The molecule has 5 heteroatoms. The van der Waals surface area contributed by atoms with E-state index in [-0.39, 0.29) is 11.0 Å². The van der Waals surface area contributed by atoms with Gasteiger partial charge in [0.25, 0.3) is 0 Å². The van der Waals surface area contributed by atoms with E-state index >= 15 is 0 Å². The molecule has 0 heterocycles. The zero-order valence-corrected chi connectivity index (χ0v) is 7.23. The lowest BCUT2D eigenvalue weighted by Gasteiger charge is -1.95. The summed E-state index contributed by atoms with van der Waals surface area (Å²) in [6.45, 7) is 0. The van der Waals surface area contributed by atoms with E-state index in [1.807, 2.05) is 0 Å². The molecule has 62 valence electrons. The highest BCUT2D eigenvalue weighted by atomic mass is 35.5. The molecule has 0 fully saturated rings. The molecule has 0 aliphatic heterocycles. The molecular formula is C6H8ClNO2S. The molecule has 0 amide bonds. The Bertz CT molecular complexity index is 267. The van der Waals surface area contributed by atoms with Gasteiger partial charge < -0.3 is 10.7 Å². The Morgan fingerprint density at radius 1 is 1.36 bits per heavy atom. The van der Waals surface area contributed by atoms with Gasteiger partial charge in [-0.3, -0.25) is 0 Å². The summed E-state index contributed by atoms with van der Waals surface area (Å²) in [5.74, 6) is 0. The zero-order chi connectivity index (χ0) is 7.56. The number of halogens is 1. The maximum absolute atomic E-state index is 10.4. The van der Waals surface area contributed by atoms with Crippen molar-refractivity contribution in [3.63, 3.8) is 0 Å². The topological polar surface area (TPSA) is 72.3 Å². The summed E-state index contributed by atoms with van der Waals surface area (Å²) in [5, 5.41) is 0.323. The van der Waals surface area contributed by atoms with Gasteiger partial charge in [0.15, 0.2) is 11.1 Å². The SMILES string of the molecule is N.O=S(O)c1ccccc1Cl. The van der Waals surface area contributed by atoms with Crippen molar-refractivity contribution in [2.24, 2.45) is 0 Å². The fourth-order valence-corrected chi connectivity index (χ4v) is 1.35. The molecule has 0 radical (unpaired) electrons. The van der Waals surface area contributed by atoms with Crippen molar-refractivity contribution in [3.05, 3.63) is 29.3 Å². The predicted octanol–water partition coefficient (Wildman–Crippen LogP) is 2.08. The second-order valence-corrected chi connectivity index (χ2v) is 3.02. The van der Waals surface area contributed by atoms with Gasteiger partial charge in [-0.25, -0.2) is 4.21 Å². The van der Waals surface area contributed by atoms with Crippen molar-refractivity contribution in [1.82, 2.24) is 6.15 Å². The Morgan fingerprint density at radius 3 is 2.27 bits per heavy atom. The summed E-state index contributed by atoms with van der Waals surface area (Å²) in [4.78, 5) is 0.254. The maximum Gasteiger partial charge on any atom is 0.188 e. The molecule has 1 unspecified atom stereocenters. The van der Waals surface area contributed by atoms with E-state index < -0.39 is 11.1 Å². The van der Waals surface area contributed by atoms with Crippen LogP contribution in [0.4, 0.5) is 0 Å². The highest BCUT2D eigenvalue weighted by Crippen LogP contribution is 2.16. The first-order chi connectivity index (χ1) is 4.72. The average molecular weight is 194 g/mol. The molecule has 11 heavy (non-hydrogen) atoms. The van der Waals surface area contributed by atoms with E-state index in [2.05, 4.69) is 0 Å². The number of benzene rings is 1. The highest BCUT2D eigenvalue weighted by Gasteiger charge is 2.02. The number of hydrogen-bond acceptors (Lipinski definition) is 2. The van der Waals surface area contributed by atoms with Crippen LogP contribution in [0.25, 0.3) is 0 Å². The van der Waals surface area contributed by atoms with Gasteiger partial charge in [0.2, 0.25) is 0 Å². The summed E-state index contributed by atoms with van der Waals surface area (Å²) < 4.78 is 19.0. The van der Waals surface area contributed by atoms with E-state index in [1.165, 1.54) is 6.07 Å². The molecule has 0 aliphatic carbocycles. The first-order valence-corrected chi connectivity index (χ1v) is 4.05. The number of rotatable bonds is 1. The minimum absolute atomic E-state index is 0.